The minimum absolute atomic E-state index is 0.114. The normalized spacial score (nSPS) is 21.4. The largest absolute Gasteiger partial charge is 0.410 e. The van der Waals surface area contributed by atoms with Crippen LogP contribution < -0.4 is 0 Å². The maximum Gasteiger partial charge on any atom is 0.190 e. The Hall–Kier alpha value is -1.90. The van der Waals surface area contributed by atoms with Crippen molar-refractivity contribution in [2.24, 2.45) is 5.16 Å². The molecule has 3 nitrogen and oxygen atoms in total. The van der Waals surface area contributed by atoms with E-state index < -0.39 is 0 Å². The molecule has 1 aromatic carbocycles. The Labute approximate surface area is 99.5 Å². The fraction of sp³-hybridized carbons (Fsp3) is 0.286. The third-order valence-electron chi connectivity index (χ3n) is 3.55. The monoisotopic (exact) mass is 227 g/mol. The van der Waals surface area contributed by atoms with Crippen LogP contribution in [0.25, 0.3) is 0 Å². The second kappa shape index (κ2) is 3.84. The number of carbonyl (C=O) groups is 1. The molecule has 86 valence electrons. The highest BCUT2D eigenvalue weighted by atomic mass is 16.4. The van der Waals surface area contributed by atoms with Crippen molar-refractivity contribution in [2.75, 3.05) is 0 Å². The Bertz CT molecular complexity index is 555. The van der Waals surface area contributed by atoms with Gasteiger partial charge in [0.2, 0.25) is 0 Å². The highest BCUT2D eigenvalue weighted by Gasteiger charge is 2.31. The first-order chi connectivity index (χ1) is 8.33. The minimum atomic E-state index is 0.114. The summed E-state index contributed by atoms with van der Waals surface area (Å²) < 4.78 is 0. The standard InChI is InChI=1S/C14H13NO2/c16-14-11-7-3-1-5-9(11)13(15-17)10-6-2-4-8-12(10)14/h1,3,5,7,17H,2,4,6,8H2. The number of ketones is 1. The molecule has 0 aliphatic heterocycles. The maximum absolute atomic E-state index is 12.3. The molecule has 17 heavy (non-hydrogen) atoms. The summed E-state index contributed by atoms with van der Waals surface area (Å²) in [5.41, 5.74) is 3.82. The predicted octanol–water partition coefficient (Wildman–Crippen LogP) is 2.93. The minimum Gasteiger partial charge on any atom is -0.410 e. The highest BCUT2D eigenvalue weighted by Crippen LogP contribution is 2.35. The van der Waals surface area contributed by atoms with Gasteiger partial charge in [-0.05, 0) is 31.3 Å². The summed E-state index contributed by atoms with van der Waals surface area (Å²) in [5.74, 6) is 0.114. The van der Waals surface area contributed by atoms with Gasteiger partial charge in [0.25, 0.3) is 0 Å². The fourth-order valence-electron chi connectivity index (χ4n) is 2.74. The van der Waals surface area contributed by atoms with E-state index in [0.29, 0.717) is 11.3 Å². The highest BCUT2D eigenvalue weighted by molar-refractivity contribution is 6.28. The van der Waals surface area contributed by atoms with Crippen LogP contribution in [0.4, 0.5) is 0 Å². The molecule has 3 rings (SSSR count). The molecule has 0 atom stereocenters. The number of Topliss-reactive ketones (excluding diaryl/α,β-unsaturated/α-hetero) is 1. The molecular weight excluding hydrogens is 214 g/mol. The Morgan fingerprint density at radius 2 is 1.65 bits per heavy atom. The summed E-state index contributed by atoms with van der Waals surface area (Å²) in [4.78, 5) is 12.3. The number of fused-ring (bicyclic) bond motifs is 1. The summed E-state index contributed by atoms with van der Waals surface area (Å²) in [6, 6.07) is 7.37. The van der Waals surface area contributed by atoms with Crippen LogP contribution in [0.5, 0.6) is 0 Å². The van der Waals surface area contributed by atoms with Gasteiger partial charge in [-0.15, -0.1) is 0 Å². The van der Waals surface area contributed by atoms with Crippen molar-refractivity contribution in [3.8, 4) is 0 Å². The van der Waals surface area contributed by atoms with Gasteiger partial charge < -0.3 is 5.21 Å². The van der Waals surface area contributed by atoms with Crippen LogP contribution in [0.2, 0.25) is 0 Å². The first-order valence-corrected chi connectivity index (χ1v) is 5.91. The summed E-state index contributed by atoms with van der Waals surface area (Å²) in [5, 5.41) is 12.6. The van der Waals surface area contributed by atoms with Crippen molar-refractivity contribution in [2.45, 2.75) is 25.7 Å². The molecule has 0 saturated carbocycles. The number of carbonyl (C=O) groups excluding carboxylic acids is 1. The van der Waals surface area contributed by atoms with Crippen LogP contribution in [0.1, 0.15) is 41.6 Å². The zero-order chi connectivity index (χ0) is 11.8. The van der Waals surface area contributed by atoms with Crippen molar-refractivity contribution in [1.82, 2.24) is 0 Å². The van der Waals surface area contributed by atoms with Crippen molar-refractivity contribution < 1.29 is 10.0 Å². The van der Waals surface area contributed by atoms with E-state index in [9.17, 15) is 10.0 Å². The Morgan fingerprint density at radius 1 is 1.00 bits per heavy atom. The van der Waals surface area contributed by atoms with Gasteiger partial charge >= 0.3 is 0 Å². The molecule has 0 saturated heterocycles. The van der Waals surface area contributed by atoms with Crippen molar-refractivity contribution in [3.05, 3.63) is 46.5 Å². The van der Waals surface area contributed by atoms with Crippen LogP contribution in [0.3, 0.4) is 0 Å². The van der Waals surface area contributed by atoms with Crippen LogP contribution in [0, 0.1) is 0 Å². The van der Waals surface area contributed by atoms with E-state index in [0.717, 1.165) is 42.4 Å². The summed E-state index contributed by atoms with van der Waals surface area (Å²) in [6.07, 6.45) is 3.76. The molecule has 1 aromatic rings. The Balaban J connectivity index is 2.26. The van der Waals surface area contributed by atoms with E-state index in [1.807, 2.05) is 18.2 Å². The average Bonchev–Trinajstić information content (AvgIpc) is 2.40. The quantitative estimate of drug-likeness (QED) is 0.547. The number of benzene rings is 1. The van der Waals surface area contributed by atoms with E-state index >= 15 is 0 Å². The topological polar surface area (TPSA) is 49.7 Å². The summed E-state index contributed by atoms with van der Waals surface area (Å²) in [6.45, 7) is 0. The number of allylic oxidation sites excluding steroid dienone is 2. The lowest BCUT2D eigenvalue weighted by Crippen LogP contribution is -2.24. The predicted molar refractivity (Wildman–Crippen MR) is 64.6 cm³/mol. The third kappa shape index (κ3) is 1.42. The van der Waals surface area contributed by atoms with Gasteiger partial charge in [0, 0.05) is 16.7 Å². The molecule has 0 aromatic heterocycles. The number of hydrogen-bond acceptors (Lipinski definition) is 3. The Morgan fingerprint density at radius 3 is 2.35 bits per heavy atom. The molecule has 0 amide bonds. The molecule has 0 bridgehead atoms. The molecule has 0 fully saturated rings. The van der Waals surface area contributed by atoms with E-state index in [2.05, 4.69) is 5.16 Å². The van der Waals surface area contributed by atoms with Crippen LogP contribution in [-0.4, -0.2) is 16.7 Å². The molecule has 0 unspecified atom stereocenters. The van der Waals surface area contributed by atoms with Crippen molar-refractivity contribution in [1.29, 1.82) is 0 Å². The first-order valence-electron chi connectivity index (χ1n) is 5.91. The van der Waals surface area contributed by atoms with E-state index in [1.54, 1.807) is 6.07 Å². The van der Waals surface area contributed by atoms with Gasteiger partial charge in [-0.2, -0.15) is 0 Å². The first kappa shape index (κ1) is 10.3. The number of nitrogens with zero attached hydrogens (tertiary/aromatic N) is 1. The fourth-order valence-corrected chi connectivity index (χ4v) is 2.74. The van der Waals surface area contributed by atoms with Gasteiger partial charge in [-0.1, -0.05) is 29.4 Å². The molecule has 0 radical (unpaired) electrons. The van der Waals surface area contributed by atoms with Crippen LogP contribution in [0.15, 0.2) is 40.6 Å². The molecular formula is C14H13NO2. The van der Waals surface area contributed by atoms with Crippen molar-refractivity contribution in [3.63, 3.8) is 0 Å². The smallest absolute Gasteiger partial charge is 0.190 e. The van der Waals surface area contributed by atoms with E-state index in [1.165, 1.54) is 0 Å². The molecule has 2 aliphatic carbocycles. The lowest BCUT2D eigenvalue weighted by atomic mass is 9.77. The molecule has 1 N–H and O–H groups in total. The lowest BCUT2D eigenvalue weighted by molar-refractivity contribution is 0.102. The van der Waals surface area contributed by atoms with Gasteiger partial charge in [-0.25, -0.2) is 0 Å². The molecule has 0 heterocycles. The van der Waals surface area contributed by atoms with Gasteiger partial charge in [0.1, 0.15) is 5.71 Å². The second-order valence-corrected chi connectivity index (χ2v) is 4.49. The van der Waals surface area contributed by atoms with Crippen LogP contribution in [-0.2, 0) is 0 Å². The van der Waals surface area contributed by atoms with Gasteiger partial charge in [0.05, 0.1) is 0 Å². The van der Waals surface area contributed by atoms with Crippen molar-refractivity contribution >= 4 is 11.5 Å². The van der Waals surface area contributed by atoms with Gasteiger partial charge in [-0.3, -0.25) is 4.79 Å². The zero-order valence-electron chi connectivity index (χ0n) is 9.44. The molecule has 3 heteroatoms. The van der Waals surface area contributed by atoms with E-state index in [4.69, 9.17) is 0 Å². The summed E-state index contributed by atoms with van der Waals surface area (Å²) >= 11 is 0. The Kier molecular flexibility index (Phi) is 2.32. The number of hydrogen-bond donors (Lipinski definition) is 1. The van der Waals surface area contributed by atoms with Gasteiger partial charge in [0.15, 0.2) is 5.78 Å². The average molecular weight is 227 g/mol. The number of rotatable bonds is 0. The SMILES string of the molecule is O=C1C2=C(CCCC2)C(=NO)c2ccccc21. The molecule has 2 aliphatic rings. The molecule has 0 spiro atoms. The second-order valence-electron chi connectivity index (χ2n) is 4.49. The van der Waals surface area contributed by atoms with Crippen LogP contribution >= 0.6 is 0 Å². The summed E-state index contributed by atoms with van der Waals surface area (Å²) in [7, 11) is 0. The number of oxime groups is 1. The zero-order valence-corrected chi connectivity index (χ0v) is 9.44. The maximum atomic E-state index is 12.3. The van der Waals surface area contributed by atoms with E-state index in [-0.39, 0.29) is 5.78 Å². The third-order valence-corrected chi connectivity index (χ3v) is 3.55. The lowest BCUT2D eigenvalue weighted by Gasteiger charge is -2.26.